The van der Waals surface area contributed by atoms with Gasteiger partial charge in [0, 0.05) is 5.56 Å². The van der Waals surface area contributed by atoms with Gasteiger partial charge in [-0.1, -0.05) is 0 Å². The smallest absolute Gasteiger partial charge is 0.351 e. The number of esters is 1. The van der Waals surface area contributed by atoms with Crippen LogP contribution in [0.1, 0.15) is 20.0 Å². The molecule has 3 aromatic rings. The highest BCUT2D eigenvalue weighted by atomic mass is 32.1. The van der Waals surface area contributed by atoms with E-state index in [9.17, 15) is 14.4 Å². The van der Waals surface area contributed by atoms with Crippen LogP contribution in [0.25, 0.3) is 5.69 Å². The zero-order valence-electron chi connectivity index (χ0n) is 13.6. The van der Waals surface area contributed by atoms with Crippen LogP contribution >= 0.6 is 11.3 Å². The number of ketones is 1. The van der Waals surface area contributed by atoms with Gasteiger partial charge < -0.3 is 14.8 Å². The molecule has 0 aliphatic carbocycles. The highest BCUT2D eigenvalue weighted by molar-refractivity contribution is 7.12. The molecule has 1 N–H and O–H groups in total. The Bertz CT molecular complexity index is 1030. The molecule has 10 nitrogen and oxygen atoms in total. The van der Waals surface area contributed by atoms with E-state index in [4.69, 9.17) is 9.47 Å². The maximum Gasteiger partial charge on any atom is 0.351 e. The molecule has 0 fully saturated rings. The molecule has 0 unspecified atom stereocenters. The van der Waals surface area contributed by atoms with Crippen molar-refractivity contribution >= 4 is 34.7 Å². The Morgan fingerprint density at radius 3 is 3.04 bits per heavy atom. The van der Waals surface area contributed by atoms with Crippen molar-refractivity contribution in [2.24, 2.45) is 0 Å². The number of fused-ring (bicyclic) bond motifs is 1. The zero-order valence-corrected chi connectivity index (χ0v) is 14.4. The van der Waals surface area contributed by atoms with Gasteiger partial charge in [0.2, 0.25) is 0 Å². The summed E-state index contributed by atoms with van der Waals surface area (Å²) in [6, 6.07) is 6.29. The van der Waals surface area contributed by atoms with Crippen LogP contribution in [0.15, 0.2) is 36.0 Å². The summed E-state index contributed by atoms with van der Waals surface area (Å²) in [5.74, 6) is -0.885. The summed E-state index contributed by atoms with van der Waals surface area (Å²) < 4.78 is 11.7. The molecule has 2 aromatic heterocycles. The highest BCUT2D eigenvalue weighted by Crippen LogP contribution is 2.28. The number of benzene rings is 1. The van der Waals surface area contributed by atoms with Gasteiger partial charge in [0.1, 0.15) is 17.0 Å². The molecule has 11 heteroatoms. The van der Waals surface area contributed by atoms with Crippen molar-refractivity contribution in [1.82, 2.24) is 20.2 Å². The van der Waals surface area contributed by atoms with Crippen LogP contribution in [0, 0.1) is 0 Å². The monoisotopic (exact) mass is 385 g/mol. The molecule has 1 aliphatic heterocycles. The van der Waals surface area contributed by atoms with Gasteiger partial charge in [-0.15, -0.1) is 16.4 Å². The lowest BCUT2D eigenvalue weighted by Crippen LogP contribution is -2.25. The van der Waals surface area contributed by atoms with E-state index in [0.717, 1.165) is 11.3 Å². The predicted molar refractivity (Wildman–Crippen MR) is 92.2 cm³/mol. The van der Waals surface area contributed by atoms with E-state index in [-0.39, 0.29) is 17.4 Å². The van der Waals surface area contributed by atoms with E-state index < -0.39 is 18.4 Å². The van der Waals surface area contributed by atoms with Gasteiger partial charge in [-0.25, -0.2) is 4.79 Å². The number of thiophene rings is 1. The lowest BCUT2D eigenvalue weighted by Gasteiger charge is -2.18. The second-order valence-electron chi connectivity index (χ2n) is 5.44. The number of tetrazole rings is 1. The van der Waals surface area contributed by atoms with Crippen molar-refractivity contribution in [3.05, 3.63) is 46.4 Å². The summed E-state index contributed by atoms with van der Waals surface area (Å²) in [5, 5.41) is 15.1. The molecule has 0 atom stereocenters. The third kappa shape index (κ3) is 3.40. The fourth-order valence-electron chi connectivity index (χ4n) is 2.44. The van der Waals surface area contributed by atoms with Crippen LogP contribution in [-0.4, -0.2) is 51.1 Å². The molecule has 1 aromatic carbocycles. The fraction of sp³-hybridized carbons (Fsp3) is 0.125. The van der Waals surface area contributed by atoms with Crippen LogP contribution < -0.4 is 10.1 Å². The first kappa shape index (κ1) is 16.8. The molecule has 0 spiro atoms. The van der Waals surface area contributed by atoms with Crippen molar-refractivity contribution in [3.8, 4) is 11.4 Å². The Kier molecular flexibility index (Phi) is 4.34. The van der Waals surface area contributed by atoms with Gasteiger partial charge in [0.05, 0.1) is 11.4 Å². The fourth-order valence-corrected chi connectivity index (χ4v) is 3.21. The van der Waals surface area contributed by atoms with Gasteiger partial charge in [0.25, 0.3) is 5.91 Å². The van der Waals surface area contributed by atoms with E-state index in [2.05, 4.69) is 20.8 Å². The number of hydrogen-bond acceptors (Lipinski definition) is 9. The molecule has 136 valence electrons. The van der Waals surface area contributed by atoms with Gasteiger partial charge in [-0.05, 0) is 40.1 Å². The number of Topliss-reactive ketones (excluding diaryl/α,β-unsaturated/α-hetero) is 1. The molecular weight excluding hydrogens is 374 g/mol. The molecule has 0 saturated carbocycles. The third-order valence-electron chi connectivity index (χ3n) is 3.69. The lowest BCUT2D eigenvalue weighted by atomic mass is 10.1. The Hall–Kier alpha value is -3.60. The summed E-state index contributed by atoms with van der Waals surface area (Å²) >= 11 is 1.16. The first-order valence-electron chi connectivity index (χ1n) is 7.69. The number of carbonyl (C=O) groups excluding carboxylic acids is 3. The van der Waals surface area contributed by atoms with Crippen LogP contribution in [-0.2, 0) is 9.53 Å². The average Bonchev–Trinajstić information content (AvgIpc) is 3.36. The second kappa shape index (κ2) is 6.96. The molecular formula is C16H11N5O5S. The Balaban J connectivity index is 1.44. The maximum atomic E-state index is 12.3. The van der Waals surface area contributed by atoms with Gasteiger partial charge in [-0.2, -0.15) is 4.68 Å². The van der Waals surface area contributed by atoms with Crippen molar-refractivity contribution in [2.45, 2.75) is 0 Å². The Morgan fingerprint density at radius 2 is 2.22 bits per heavy atom. The van der Waals surface area contributed by atoms with Gasteiger partial charge >= 0.3 is 5.97 Å². The van der Waals surface area contributed by atoms with E-state index >= 15 is 0 Å². The third-order valence-corrected chi connectivity index (χ3v) is 4.58. The Labute approximate surface area is 155 Å². The Morgan fingerprint density at radius 1 is 1.33 bits per heavy atom. The normalized spacial score (nSPS) is 12.7. The molecule has 4 rings (SSSR count). The molecule has 0 bridgehead atoms. The topological polar surface area (TPSA) is 125 Å². The second-order valence-corrected chi connectivity index (χ2v) is 6.35. The first-order valence-corrected chi connectivity index (χ1v) is 8.57. The van der Waals surface area contributed by atoms with E-state index in [1.165, 1.54) is 17.1 Å². The maximum absolute atomic E-state index is 12.3. The number of anilines is 1. The van der Waals surface area contributed by atoms with Crippen molar-refractivity contribution in [1.29, 1.82) is 0 Å². The number of carbonyl (C=O) groups is 3. The molecule has 27 heavy (non-hydrogen) atoms. The number of nitrogens with zero attached hydrogens (tertiary/aromatic N) is 4. The molecule has 1 aliphatic rings. The van der Waals surface area contributed by atoms with Crippen molar-refractivity contribution in [3.63, 3.8) is 0 Å². The van der Waals surface area contributed by atoms with E-state index in [1.807, 2.05) is 0 Å². The van der Waals surface area contributed by atoms with Crippen molar-refractivity contribution < 1.29 is 23.9 Å². The standard InChI is InChI=1S/C16H11N5O5S/c22-12(9-1-2-13-10(5-9)18-14(23)7-25-13)6-26-16(24)15-11(3-4-27-15)21-8-17-19-20-21/h1-5,8H,6-7H2,(H,18,23). The zero-order chi connectivity index (χ0) is 18.8. The van der Waals surface area contributed by atoms with Crippen LogP contribution in [0.3, 0.4) is 0 Å². The van der Waals surface area contributed by atoms with Gasteiger partial charge in [0.15, 0.2) is 19.0 Å². The minimum Gasteiger partial charge on any atom is -0.482 e. The first-order chi connectivity index (χ1) is 13.1. The summed E-state index contributed by atoms with van der Waals surface area (Å²) in [6.45, 7) is -0.512. The summed E-state index contributed by atoms with van der Waals surface area (Å²) in [5.41, 5.74) is 1.16. The number of rotatable bonds is 5. The number of nitrogens with one attached hydrogen (secondary N) is 1. The number of aromatic nitrogens is 4. The number of ether oxygens (including phenoxy) is 2. The average molecular weight is 385 g/mol. The quantitative estimate of drug-likeness (QED) is 0.511. The van der Waals surface area contributed by atoms with Crippen LogP contribution in [0.5, 0.6) is 5.75 Å². The summed E-state index contributed by atoms with van der Waals surface area (Å²) in [4.78, 5) is 36.3. The number of hydrogen-bond donors (Lipinski definition) is 1. The largest absolute Gasteiger partial charge is 0.482 e. The summed E-state index contributed by atoms with van der Waals surface area (Å²) in [7, 11) is 0. The van der Waals surface area contributed by atoms with E-state index in [1.54, 1.807) is 23.6 Å². The highest BCUT2D eigenvalue weighted by Gasteiger charge is 2.21. The molecule has 0 saturated heterocycles. The predicted octanol–water partition coefficient (Wildman–Crippen LogP) is 1.09. The molecule has 1 amide bonds. The van der Waals surface area contributed by atoms with Crippen molar-refractivity contribution in [2.75, 3.05) is 18.5 Å². The van der Waals surface area contributed by atoms with Crippen LogP contribution in [0.4, 0.5) is 5.69 Å². The lowest BCUT2D eigenvalue weighted by molar-refractivity contribution is -0.118. The van der Waals surface area contributed by atoms with E-state index in [0.29, 0.717) is 22.7 Å². The SMILES string of the molecule is O=C1COc2ccc(C(=O)COC(=O)c3sccc3-n3cnnn3)cc2N1. The van der Waals surface area contributed by atoms with Crippen LogP contribution in [0.2, 0.25) is 0 Å². The van der Waals surface area contributed by atoms with Gasteiger partial charge in [-0.3, -0.25) is 9.59 Å². The minimum atomic E-state index is -0.654. The molecule has 3 heterocycles. The molecule has 0 radical (unpaired) electrons. The minimum absolute atomic E-state index is 0.0671. The number of amides is 1. The summed E-state index contributed by atoms with van der Waals surface area (Å²) in [6.07, 6.45) is 1.35.